The monoisotopic (exact) mass is 326 g/mol. The van der Waals surface area contributed by atoms with Crippen molar-refractivity contribution in [1.29, 1.82) is 0 Å². The Kier molecular flexibility index (Phi) is 4.55. The minimum absolute atomic E-state index is 0.208. The topological polar surface area (TPSA) is 68.4 Å². The molecule has 0 saturated carbocycles. The Balaban J connectivity index is 2.12. The number of aromatic nitrogens is 2. The van der Waals surface area contributed by atoms with E-state index < -0.39 is 6.10 Å². The first kappa shape index (κ1) is 14.0. The summed E-state index contributed by atoms with van der Waals surface area (Å²) in [5, 5.41) is 13.5. The van der Waals surface area contributed by atoms with E-state index in [4.69, 9.17) is 9.26 Å². The second-order valence-corrected chi connectivity index (χ2v) is 5.02. The van der Waals surface area contributed by atoms with Gasteiger partial charge in [0.05, 0.1) is 6.10 Å². The lowest BCUT2D eigenvalue weighted by atomic mass is 10.1. The van der Waals surface area contributed by atoms with Gasteiger partial charge in [0.25, 0.3) is 0 Å². The minimum atomic E-state index is -0.598. The number of ether oxygens (including phenoxy) is 1. The summed E-state index contributed by atoms with van der Waals surface area (Å²) in [4.78, 5) is 4.16. The number of aryl methyl sites for hydroxylation is 1. The van der Waals surface area contributed by atoms with Gasteiger partial charge in [-0.1, -0.05) is 34.1 Å². The second-order valence-electron chi connectivity index (χ2n) is 4.10. The van der Waals surface area contributed by atoms with Gasteiger partial charge in [-0.3, -0.25) is 0 Å². The van der Waals surface area contributed by atoms with Gasteiger partial charge in [0.1, 0.15) is 5.75 Å². The van der Waals surface area contributed by atoms with Gasteiger partial charge in [-0.15, -0.1) is 0 Å². The molecule has 2 aromatic rings. The molecule has 0 aliphatic rings. The predicted octanol–water partition coefficient (Wildman–Crippen LogP) is 3.03. The van der Waals surface area contributed by atoms with E-state index in [1.54, 1.807) is 6.92 Å². The van der Waals surface area contributed by atoms with Crippen LogP contribution in [0.2, 0.25) is 0 Å². The molecular formula is C13H15BrN2O3. The molecule has 0 fully saturated rings. The number of aliphatic hydroxyl groups excluding tert-OH is 1. The first-order valence-corrected chi connectivity index (χ1v) is 6.81. The Morgan fingerprint density at radius 1 is 1.47 bits per heavy atom. The minimum Gasteiger partial charge on any atom is -0.485 e. The molecule has 1 aromatic heterocycles. The molecule has 0 unspecified atom stereocenters. The summed E-state index contributed by atoms with van der Waals surface area (Å²) < 4.78 is 11.5. The van der Waals surface area contributed by atoms with Crippen LogP contribution in [0.25, 0.3) is 0 Å². The van der Waals surface area contributed by atoms with Crippen LogP contribution in [0.3, 0.4) is 0 Å². The van der Waals surface area contributed by atoms with Crippen LogP contribution < -0.4 is 4.74 Å². The van der Waals surface area contributed by atoms with Crippen molar-refractivity contribution in [2.75, 3.05) is 0 Å². The third-order valence-electron chi connectivity index (χ3n) is 2.60. The van der Waals surface area contributed by atoms with Gasteiger partial charge in [0.15, 0.2) is 6.61 Å². The average Bonchev–Trinajstić information content (AvgIpc) is 2.84. The molecule has 1 N–H and O–H groups in total. The summed E-state index contributed by atoms with van der Waals surface area (Å²) in [6.45, 7) is 3.84. The van der Waals surface area contributed by atoms with Crippen molar-refractivity contribution in [3.8, 4) is 5.75 Å². The van der Waals surface area contributed by atoms with Crippen molar-refractivity contribution in [3.05, 3.63) is 40.0 Å². The molecule has 0 aliphatic heterocycles. The Hall–Kier alpha value is -1.40. The zero-order valence-corrected chi connectivity index (χ0v) is 12.3. The first-order valence-electron chi connectivity index (χ1n) is 6.02. The number of benzene rings is 1. The van der Waals surface area contributed by atoms with E-state index in [9.17, 15) is 5.11 Å². The van der Waals surface area contributed by atoms with E-state index in [-0.39, 0.29) is 6.61 Å². The Morgan fingerprint density at radius 2 is 2.26 bits per heavy atom. The Bertz CT molecular complexity index is 555. The van der Waals surface area contributed by atoms with Crippen LogP contribution in [-0.2, 0) is 13.0 Å². The number of hydrogen-bond donors (Lipinski definition) is 1. The summed E-state index contributed by atoms with van der Waals surface area (Å²) >= 11 is 3.38. The molecule has 0 saturated heterocycles. The first-order chi connectivity index (χ1) is 9.10. The molecule has 1 atom stereocenters. The Labute approximate surface area is 119 Å². The SMILES string of the molecule is CCc1nc(COc2cc(Br)ccc2[C@@H](C)O)no1. The molecule has 0 bridgehead atoms. The third kappa shape index (κ3) is 3.54. The van der Waals surface area contributed by atoms with Crippen molar-refractivity contribution in [3.63, 3.8) is 0 Å². The van der Waals surface area contributed by atoms with E-state index in [1.165, 1.54) is 0 Å². The van der Waals surface area contributed by atoms with Gasteiger partial charge >= 0.3 is 0 Å². The van der Waals surface area contributed by atoms with Crippen molar-refractivity contribution in [1.82, 2.24) is 10.1 Å². The molecule has 0 radical (unpaired) electrons. The van der Waals surface area contributed by atoms with E-state index >= 15 is 0 Å². The van der Waals surface area contributed by atoms with E-state index in [1.807, 2.05) is 25.1 Å². The van der Waals surface area contributed by atoms with Gasteiger partial charge in [-0.2, -0.15) is 4.98 Å². The van der Waals surface area contributed by atoms with Gasteiger partial charge in [0, 0.05) is 16.5 Å². The van der Waals surface area contributed by atoms with Crippen LogP contribution >= 0.6 is 15.9 Å². The molecule has 0 spiro atoms. The van der Waals surface area contributed by atoms with Crippen LogP contribution in [0, 0.1) is 0 Å². The fourth-order valence-electron chi connectivity index (χ4n) is 1.61. The Morgan fingerprint density at radius 3 is 2.89 bits per heavy atom. The lowest BCUT2D eigenvalue weighted by molar-refractivity contribution is 0.189. The van der Waals surface area contributed by atoms with Crippen LogP contribution in [0.5, 0.6) is 5.75 Å². The van der Waals surface area contributed by atoms with Crippen molar-refractivity contribution in [2.45, 2.75) is 33.0 Å². The summed E-state index contributed by atoms with van der Waals surface area (Å²) in [6, 6.07) is 5.49. The third-order valence-corrected chi connectivity index (χ3v) is 3.09. The van der Waals surface area contributed by atoms with Crippen LogP contribution in [0.4, 0.5) is 0 Å². The van der Waals surface area contributed by atoms with Gasteiger partial charge in [-0.05, 0) is 19.1 Å². The lowest BCUT2D eigenvalue weighted by Crippen LogP contribution is -2.02. The molecule has 2 rings (SSSR count). The zero-order chi connectivity index (χ0) is 13.8. The van der Waals surface area contributed by atoms with Crippen LogP contribution in [0.15, 0.2) is 27.2 Å². The maximum atomic E-state index is 9.69. The number of halogens is 1. The molecule has 5 nitrogen and oxygen atoms in total. The average molecular weight is 327 g/mol. The lowest BCUT2D eigenvalue weighted by Gasteiger charge is -2.12. The van der Waals surface area contributed by atoms with E-state index in [0.717, 1.165) is 10.0 Å². The number of aliphatic hydroxyl groups is 1. The summed E-state index contributed by atoms with van der Waals surface area (Å²) in [7, 11) is 0. The highest BCUT2D eigenvalue weighted by Crippen LogP contribution is 2.29. The normalized spacial score (nSPS) is 12.4. The van der Waals surface area contributed by atoms with Crippen molar-refractivity contribution in [2.24, 2.45) is 0 Å². The fourth-order valence-corrected chi connectivity index (χ4v) is 1.95. The molecule has 0 aliphatic carbocycles. The number of rotatable bonds is 5. The predicted molar refractivity (Wildman–Crippen MR) is 72.8 cm³/mol. The van der Waals surface area contributed by atoms with Gasteiger partial charge in [-0.25, -0.2) is 0 Å². The highest BCUT2D eigenvalue weighted by molar-refractivity contribution is 9.10. The zero-order valence-electron chi connectivity index (χ0n) is 10.8. The van der Waals surface area contributed by atoms with Crippen LogP contribution in [-0.4, -0.2) is 15.2 Å². The fraction of sp³-hybridized carbons (Fsp3) is 0.385. The highest BCUT2D eigenvalue weighted by atomic mass is 79.9. The standard InChI is InChI=1S/C13H15BrN2O3/c1-3-13-15-12(16-19-13)7-18-11-6-9(14)4-5-10(11)8(2)17/h4-6,8,17H,3,7H2,1-2H3/t8-/m1/s1. The molecular weight excluding hydrogens is 312 g/mol. The second kappa shape index (κ2) is 6.16. The smallest absolute Gasteiger partial charge is 0.226 e. The number of hydrogen-bond acceptors (Lipinski definition) is 5. The van der Waals surface area contributed by atoms with Gasteiger partial charge < -0.3 is 14.4 Å². The quantitative estimate of drug-likeness (QED) is 0.914. The molecule has 1 heterocycles. The molecule has 1 aromatic carbocycles. The molecule has 0 amide bonds. The maximum Gasteiger partial charge on any atom is 0.226 e. The summed E-state index contributed by atoms with van der Waals surface area (Å²) in [5.41, 5.74) is 0.724. The summed E-state index contributed by atoms with van der Waals surface area (Å²) in [5.74, 6) is 1.68. The number of nitrogens with zero attached hydrogens (tertiary/aromatic N) is 2. The van der Waals surface area contributed by atoms with Crippen molar-refractivity contribution < 1.29 is 14.4 Å². The van der Waals surface area contributed by atoms with E-state index in [0.29, 0.717) is 23.9 Å². The van der Waals surface area contributed by atoms with Gasteiger partial charge in [0.2, 0.25) is 11.7 Å². The van der Waals surface area contributed by atoms with E-state index in [2.05, 4.69) is 26.1 Å². The maximum absolute atomic E-state index is 9.69. The molecule has 6 heteroatoms. The van der Waals surface area contributed by atoms with Crippen LogP contribution in [0.1, 0.15) is 37.2 Å². The highest BCUT2D eigenvalue weighted by Gasteiger charge is 2.11. The largest absolute Gasteiger partial charge is 0.485 e. The van der Waals surface area contributed by atoms with Crippen molar-refractivity contribution >= 4 is 15.9 Å². The summed E-state index contributed by atoms with van der Waals surface area (Å²) in [6.07, 6.45) is 0.0996. The molecule has 102 valence electrons. The molecule has 19 heavy (non-hydrogen) atoms.